The molecule has 21 heavy (non-hydrogen) atoms. The van der Waals surface area contributed by atoms with E-state index in [-0.39, 0.29) is 16.5 Å². The van der Waals surface area contributed by atoms with E-state index in [1.54, 1.807) is 6.92 Å². The van der Waals surface area contributed by atoms with E-state index in [0.717, 1.165) is 24.3 Å². The van der Waals surface area contributed by atoms with E-state index < -0.39 is 16.6 Å². The second kappa shape index (κ2) is 6.04. The van der Waals surface area contributed by atoms with Crippen molar-refractivity contribution in [3.05, 3.63) is 30.0 Å². The molecule has 0 atom stereocenters. The summed E-state index contributed by atoms with van der Waals surface area (Å²) in [5, 5.41) is 7.00. The number of nitrogens with one attached hydrogen (secondary N) is 1. The number of anilines is 1. The fourth-order valence-corrected chi connectivity index (χ4v) is 2.52. The molecule has 0 aliphatic rings. The number of nitrogens with zero attached hydrogens (tertiary/aromatic N) is 2. The Morgan fingerprint density at radius 1 is 1.29 bits per heavy atom. The first-order valence-electron chi connectivity index (χ1n) is 5.81. The normalized spacial score (nSPS) is 11.6. The third-order valence-corrected chi connectivity index (χ3v) is 3.84. The topological polar surface area (TPSA) is 94.3 Å². The van der Waals surface area contributed by atoms with Crippen LogP contribution < -0.4 is 9.46 Å². The highest BCUT2D eigenvalue weighted by molar-refractivity contribution is 7.92. The second-order valence-electron chi connectivity index (χ2n) is 3.87. The summed E-state index contributed by atoms with van der Waals surface area (Å²) in [6.45, 7) is -1.22. The standard InChI is InChI=1S/C11H11F2N3O4S/c1-2-9-10(15-20-14-9)16-21(17,18)8-5-3-7(4-6-8)19-11(12)13/h3-6,11H,2H2,1H3,(H,15,16). The maximum absolute atomic E-state index is 12.1. The van der Waals surface area contributed by atoms with Gasteiger partial charge in [0.05, 0.1) is 4.90 Å². The Hall–Kier alpha value is -2.23. The van der Waals surface area contributed by atoms with Gasteiger partial charge < -0.3 is 4.74 Å². The molecule has 114 valence electrons. The number of rotatable bonds is 6. The zero-order valence-electron chi connectivity index (χ0n) is 10.8. The van der Waals surface area contributed by atoms with E-state index in [4.69, 9.17) is 0 Å². The SMILES string of the molecule is CCc1nonc1NS(=O)(=O)c1ccc(OC(F)F)cc1. The Bertz CT molecular complexity index is 701. The van der Waals surface area contributed by atoms with Crippen LogP contribution in [0, 0.1) is 0 Å². The molecule has 0 unspecified atom stereocenters. The lowest BCUT2D eigenvalue weighted by Crippen LogP contribution is -2.14. The van der Waals surface area contributed by atoms with Gasteiger partial charge in [-0.25, -0.2) is 13.0 Å². The zero-order chi connectivity index (χ0) is 15.5. The van der Waals surface area contributed by atoms with Gasteiger partial charge >= 0.3 is 6.61 Å². The number of benzene rings is 1. The summed E-state index contributed by atoms with van der Waals surface area (Å²) in [4.78, 5) is -0.130. The van der Waals surface area contributed by atoms with Crippen molar-refractivity contribution in [2.24, 2.45) is 0 Å². The molecule has 0 amide bonds. The Morgan fingerprint density at radius 2 is 1.95 bits per heavy atom. The van der Waals surface area contributed by atoms with Gasteiger partial charge in [0.1, 0.15) is 11.4 Å². The third kappa shape index (κ3) is 3.66. The first-order chi connectivity index (χ1) is 9.92. The van der Waals surface area contributed by atoms with Crippen LogP contribution >= 0.6 is 0 Å². The minimum absolute atomic E-state index is 0.00888. The fraction of sp³-hybridized carbons (Fsp3) is 0.273. The van der Waals surface area contributed by atoms with E-state index in [2.05, 4.69) is 24.4 Å². The van der Waals surface area contributed by atoms with Crippen LogP contribution in [0.25, 0.3) is 0 Å². The lowest BCUT2D eigenvalue weighted by atomic mass is 10.3. The molecule has 1 N–H and O–H groups in total. The molecular weight excluding hydrogens is 308 g/mol. The van der Waals surface area contributed by atoms with E-state index in [0.29, 0.717) is 12.1 Å². The molecule has 0 aliphatic heterocycles. The number of aryl methyl sites for hydroxylation is 1. The molecule has 7 nitrogen and oxygen atoms in total. The first-order valence-corrected chi connectivity index (χ1v) is 7.30. The zero-order valence-corrected chi connectivity index (χ0v) is 11.6. The minimum atomic E-state index is -3.92. The van der Waals surface area contributed by atoms with Crippen molar-refractivity contribution in [3.63, 3.8) is 0 Å². The summed E-state index contributed by atoms with van der Waals surface area (Å²) in [5.41, 5.74) is 0.358. The van der Waals surface area contributed by atoms with Gasteiger partial charge in [0, 0.05) is 0 Å². The van der Waals surface area contributed by atoms with Crippen molar-refractivity contribution >= 4 is 15.8 Å². The first kappa shape index (κ1) is 15.2. The molecule has 2 rings (SSSR count). The molecule has 0 spiro atoms. The van der Waals surface area contributed by atoms with Crippen LogP contribution in [-0.2, 0) is 16.4 Å². The van der Waals surface area contributed by atoms with E-state index in [9.17, 15) is 17.2 Å². The van der Waals surface area contributed by atoms with Gasteiger partial charge in [0.15, 0.2) is 0 Å². The number of hydrogen-bond donors (Lipinski definition) is 1. The van der Waals surface area contributed by atoms with Crippen LogP contribution in [-0.4, -0.2) is 25.3 Å². The third-order valence-electron chi connectivity index (χ3n) is 2.48. The molecule has 1 heterocycles. The largest absolute Gasteiger partial charge is 0.435 e. The molecule has 1 aromatic heterocycles. The van der Waals surface area contributed by atoms with E-state index in [1.807, 2.05) is 0 Å². The quantitative estimate of drug-likeness (QED) is 0.875. The number of aromatic nitrogens is 2. The highest BCUT2D eigenvalue weighted by Crippen LogP contribution is 2.20. The highest BCUT2D eigenvalue weighted by atomic mass is 32.2. The molecule has 10 heteroatoms. The van der Waals surface area contributed by atoms with Gasteiger partial charge in [-0.15, -0.1) is 0 Å². The fourth-order valence-electron chi connectivity index (χ4n) is 1.50. The van der Waals surface area contributed by atoms with E-state index in [1.165, 1.54) is 0 Å². The van der Waals surface area contributed by atoms with Crippen LogP contribution in [0.3, 0.4) is 0 Å². The average Bonchev–Trinajstić information content (AvgIpc) is 2.85. The lowest BCUT2D eigenvalue weighted by Gasteiger charge is -2.07. The van der Waals surface area contributed by atoms with Crippen molar-refractivity contribution in [1.29, 1.82) is 0 Å². The van der Waals surface area contributed by atoms with E-state index >= 15 is 0 Å². The van der Waals surface area contributed by atoms with Crippen molar-refractivity contribution in [1.82, 2.24) is 10.3 Å². The maximum Gasteiger partial charge on any atom is 0.387 e. The molecule has 0 saturated carbocycles. The predicted molar refractivity (Wildman–Crippen MR) is 67.6 cm³/mol. The molecule has 0 saturated heterocycles. The molecule has 2 aromatic rings. The lowest BCUT2D eigenvalue weighted by molar-refractivity contribution is -0.0498. The van der Waals surface area contributed by atoms with Gasteiger partial charge in [-0.1, -0.05) is 12.1 Å². The predicted octanol–water partition coefficient (Wildman–Crippen LogP) is 2.03. The number of alkyl halides is 2. The molecule has 0 aliphatic carbocycles. The van der Waals surface area contributed by atoms with Gasteiger partial charge in [-0.2, -0.15) is 8.78 Å². The summed E-state index contributed by atoms with van der Waals surface area (Å²) in [5.74, 6) is -0.147. The van der Waals surface area contributed by atoms with Crippen molar-refractivity contribution in [2.45, 2.75) is 24.9 Å². The Morgan fingerprint density at radius 3 is 2.52 bits per heavy atom. The number of sulfonamides is 1. The smallest absolute Gasteiger partial charge is 0.387 e. The summed E-state index contributed by atoms with van der Waals surface area (Å²) in [6.07, 6.45) is 0.433. The van der Waals surface area contributed by atoms with Crippen LogP contribution in [0.4, 0.5) is 14.6 Å². The number of halogens is 2. The molecule has 0 bridgehead atoms. The van der Waals surface area contributed by atoms with Gasteiger partial charge in [-0.05, 0) is 35.8 Å². The van der Waals surface area contributed by atoms with Crippen molar-refractivity contribution < 1.29 is 26.6 Å². The molecule has 1 aromatic carbocycles. The van der Waals surface area contributed by atoms with Crippen LogP contribution in [0.5, 0.6) is 5.75 Å². The minimum Gasteiger partial charge on any atom is -0.435 e. The second-order valence-corrected chi connectivity index (χ2v) is 5.55. The van der Waals surface area contributed by atoms with Crippen molar-refractivity contribution in [2.75, 3.05) is 4.72 Å². The average molecular weight is 319 g/mol. The molecular formula is C11H11F2N3O4S. The summed E-state index contributed by atoms with van der Waals surface area (Å²) in [6, 6.07) is 4.53. The van der Waals surface area contributed by atoms with Gasteiger partial charge in [0.2, 0.25) is 5.82 Å². The summed E-state index contributed by atoms with van der Waals surface area (Å²) >= 11 is 0. The Labute approximate surface area is 118 Å². The van der Waals surface area contributed by atoms with Gasteiger partial charge in [-0.3, -0.25) is 4.72 Å². The Balaban J connectivity index is 2.19. The van der Waals surface area contributed by atoms with Crippen LogP contribution in [0.2, 0.25) is 0 Å². The van der Waals surface area contributed by atoms with Crippen molar-refractivity contribution in [3.8, 4) is 5.75 Å². The summed E-state index contributed by atoms with van der Waals surface area (Å²) < 4.78 is 59.0. The van der Waals surface area contributed by atoms with Crippen LogP contribution in [0.15, 0.2) is 33.8 Å². The summed E-state index contributed by atoms with van der Waals surface area (Å²) in [7, 11) is -3.92. The highest BCUT2D eigenvalue weighted by Gasteiger charge is 2.19. The Kier molecular flexibility index (Phi) is 4.36. The molecule has 0 fully saturated rings. The molecule has 0 radical (unpaired) electrons. The monoisotopic (exact) mass is 319 g/mol. The number of ether oxygens (including phenoxy) is 1. The van der Waals surface area contributed by atoms with Crippen LogP contribution in [0.1, 0.15) is 12.6 Å². The number of hydrogen-bond acceptors (Lipinski definition) is 6. The maximum atomic E-state index is 12.1. The van der Waals surface area contributed by atoms with Gasteiger partial charge in [0.25, 0.3) is 10.0 Å².